The zero-order valence-electron chi connectivity index (χ0n) is 12.5. The minimum atomic E-state index is -0.146. The maximum Gasteiger partial charge on any atom is 0.275 e. The highest BCUT2D eigenvalue weighted by Crippen LogP contribution is 2.25. The van der Waals surface area contributed by atoms with Gasteiger partial charge in [0.05, 0.1) is 18.0 Å². The van der Waals surface area contributed by atoms with Crippen LogP contribution >= 0.6 is 34.5 Å². The average molecular weight is 358 g/mol. The van der Waals surface area contributed by atoms with Gasteiger partial charge in [-0.3, -0.25) is 4.79 Å². The molecular weight excluding hydrogens is 339 g/mol. The third kappa shape index (κ3) is 4.99. The fourth-order valence-corrected chi connectivity index (χ4v) is 3.66. The number of hydrogen-bond acceptors (Lipinski definition) is 2. The number of thiophene rings is 1. The van der Waals surface area contributed by atoms with Gasteiger partial charge in [-0.2, -0.15) is 0 Å². The Balaban J connectivity index is 1.88. The number of rotatable bonds is 6. The van der Waals surface area contributed by atoms with E-state index in [0.29, 0.717) is 16.6 Å². The summed E-state index contributed by atoms with van der Waals surface area (Å²) in [7, 11) is 2.01. The van der Waals surface area contributed by atoms with E-state index in [2.05, 4.69) is 11.4 Å². The lowest BCUT2D eigenvalue weighted by Crippen LogP contribution is -3.08. The molecule has 0 fully saturated rings. The molecule has 1 aromatic carbocycles. The van der Waals surface area contributed by atoms with Crippen LogP contribution in [0.1, 0.15) is 23.4 Å². The predicted octanol–water partition coefficient (Wildman–Crippen LogP) is 2.95. The largest absolute Gasteiger partial charge is 0.345 e. The van der Waals surface area contributed by atoms with E-state index < -0.39 is 0 Å². The van der Waals surface area contributed by atoms with E-state index in [9.17, 15) is 4.79 Å². The highest BCUT2D eigenvalue weighted by molar-refractivity contribution is 7.09. The van der Waals surface area contributed by atoms with Crippen molar-refractivity contribution in [1.29, 1.82) is 0 Å². The molecule has 22 heavy (non-hydrogen) atoms. The van der Waals surface area contributed by atoms with Crippen LogP contribution in [0.15, 0.2) is 35.7 Å². The van der Waals surface area contributed by atoms with Gasteiger partial charge in [0.1, 0.15) is 6.54 Å². The zero-order valence-corrected chi connectivity index (χ0v) is 14.9. The summed E-state index contributed by atoms with van der Waals surface area (Å²) >= 11 is 13.8. The van der Waals surface area contributed by atoms with Gasteiger partial charge in [0, 0.05) is 10.0 Å². The second kappa shape index (κ2) is 7.97. The molecule has 2 atom stereocenters. The van der Waals surface area contributed by atoms with E-state index in [-0.39, 0.29) is 11.9 Å². The normalized spacial score (nSPS) is 13.6. The molecule has 0 aliphatic carbocycles. The quantitative estimate of drug-likeness (QED) is 0.818. The Morgan fingerprint density at radius 3 is 2.77 bits per heavy atom. The Labute approximate surface area is 144 Å². The first-order chi connectivity index (χ1) is 10.5. The number of hydrogen-bond donors (Lipinski definition) is 2. The third-order valence-electron chi connectivity index (χ3n) is 3.32. The Morgan fingerprint density at radius 1 is 1.36 bits per heavy atom. The van der Waals surface area contributed by atoms with Crippen LogP contribution in [0.25, 0.3) is 0 Å². The first kappa shape index (κ1) is 17.3. The van der Waals surface area contributed by atoms with Crippen molar-refractivity contribution in [1.82, 2.24) is 5.32 Å². The number of nitrogens with one attached hydrogen (secondary N) is 2. The SMILES string of the molecule is C[C@@H](NC(=O)C[NH+](C)Cc1cccs1)c1ccc(Cl)cc1Cl. The maximum atomic E-state index is 12.1. The summed E-state index contributed by atoms with van der Waals surface area (Å²) in [5.41, 5.74) is 0.871. The van der Waals surface area contributed by atoms with Crippen LogP contribution in [-0.2, 0) is 11.3 Å². The fourth-order valence-electron chi connectivity index (χ4n) is 2.27. The van der Waals surface area contributed by atoms with Crippen molar-refractivity contribution in [3.05, 3.63) is 56.2 Å². The predicted molar refractivity (Wildman–Crippen MR) is 92.8 cm³/mol. The van der Waals surface area contributed by atoms with Gasteiger partial charge in [-0.15, -0.1) is 11.3 Å². The molecule has 0 saturated carbocycles. The number of carbonyl (C=O) groups is 1. The van der Waals surface area contributed by atoms with Crippen molar-refractivity contribution in [3.8, 4) is 0 Å². The lowest BCUT2D eigenvalue weighted by molar-refractivity contribution is -0.885. The van der Waals surface area contributed by atoms with Crippen LogP contribution in [0.4, 0.5) is 0 Å². The second-order valence-electron chi connectivity index (χ2n) is 5.35. The molecule has 6 heteroatoms. The van der Waals surface area contributed by atoms with E-state index in [4.69, 9.17) is 23.2 Å². The Kier molecular flexibility index (Phi) is 6.26. The molecule has 2 N–H and O–H groups in total. The lowest BCUT2D eigenvalue weighted by Gasteiger charge is -2.18. The Morgan fingerprint density at radius 2 is 2.14 bits per heavy atom. The molecule has 0 aliphatic rings. The number of carbonyl (C=O) groups excluding carboxylic acids is 1. The van der Waals surface area contributed by atoms with Crippen molar-refractivity contribution >= 4 is 40.4 Å². The van der Waals surface area contributed by atoms with E-state index in [1.54, 1.807) is 23.5 Å². The molecule has 1 heterocycles. The summed E-state index contributed by atoms with van der Waals surface area (Å²) in [6.07, 6.45) is 0. The summed E-state index contributed by atoms with van der Waals surface area (Å²) < 4.78 is 0. The molecule has 118 valence electrons. The van der Waals surface area contributed by atoms with Gasteiger partial charge in [-0.1, -0.05) is 35.3 Å². The standard InChI is InChI=1S/C16H18Cl2N2OS/c1-11(14-6-5-12(17)8-15(14)18)19-16(21)10-20(2)9-13-4-3-7-22-13/h3-8,11H,9-10H2,1-2H3,(H,19,21)/p+1/t11-/m1/s1. The molecule has 1 amide bonds. The lowest BCUT2D eigenvalue weighted by atomic mass is 10.1. The van der Waals surface area contributed by atoms with Crippen LogP contribution in [0.3, 0.4) is 0 Å². The Bertz CT molecular complexity index is 631. The van der Waals surface area contributed by atoms with Crippen molar-refractivity contribution in [3.63, 3.8) is 0 Å². The highest BCUT2D eigenvalue weighted by Gasteiger charge is 2.16. The molecule has 1 aromatic heterocycles. The average Bonchev–Trinajstić information content (AvgIpc) is 2.90. The van der Waals surface area contributed by atoms with Crippen LogP contribution < -0.4 is 10.2 Å². The molecule has 0 spiro atoms. The van der Waals surface area contributed by atoms with E-state index in [1.807, 2.05) is 31.5 Å². The van der Waals surface area contributed by atoms with Gasteiger partial charge in [-0.05, 0) is 36.1 Å². The topological polar surface area (TPSA) is 33.5 Å². The molecular formula is C16H19Cl2N2OS+. The van der Waals surface area contributed by atoms with Gasteiger partial charge in [0.2, 0.25) is 0 Å². The number of likely N-dealkylation sites (N-methyl/N-ethyl adjacent to an activating group) is 1. The number of amides is 1. The van der Waals surface area contributed by atoms with Crippen LogP contribution in [-0.4, -0.2) is 19.5 Å². The zero-order chi connectivity index (χ0) is 16.1. The first-order valence-electron chi connectivity index (χ1n) is 7.03. The van der Waals surface area contributed by atoms with Gasteiger partial charge < -0.3 is 10.2 Å². The smallest absolute Gasteiger partial charge is 0.275 e. The van der Waals surface area contributed by atoms with E-state index >= 15 is 0 Å². The van der Waals surface area contributed by atoms with E-state index in [0.717, 1.165) is 17.0 Å². The maximum absolute atomic E-state index is 12.1. The second-order valence-corrected chi connectivity index (χ2v) is 7.22. The minimum Gasteiger partial charge on any atom is -0.345 e. The van der Waals surface area contributed by atoms with Crippen LogP contribution in [0, 0.1) is 0 Å². The number of halogens is 2. The van der Waals surface area contributed by atoms with Gasteiger partial charge in [-0.25, -0.2) is 0 Å². The summed E-state index contributed by atoms with van der Waals surface area (Å²) in [5.74, 6) is 0.00701. The molecule has 0 saturated heterocycles. The molecule has 1 unspecified atom stereocenters. The fraction of sp³-hybridized carbons (Fsp3) is 0.312. The van der Waals surface area contributed by atoms with Crippen LogP contribution in [0.5, 0.6) is 0 Å². The summed E-state index contributed by atoms with van der Waals surface area (Å²) in [6, 6.07) is 9.28. The van der Waals surface area contributed by atoms with Gasteiger partial charge in [0.25, 0.3) is 5.91 Å². The molecule has 0 radical (unpaired) electrons. The molecule has 3 nitrogen and oxygen atoms in total. The summed E-state index contributed by atoms with van der Waals surface area (Å²) in [4.78, 5) is 14.6. The van der Waals surface area contributed by atoms with Gasteiger partial charge in [0.15, 0.2) is 6.54 Å². The molecule has 0 aliphatic heterocycles. The Hall–Kier alpha value is -1.07. The molecule has 2 aromatic rings. The highest BCUT2D eigenvalue weighted by atomic mass is 35.5. The number of benzene rings is 1. The van der Waals surface area contributed by atoms with Crippen molar-refractivity contribution in [2.75, 3.05) is 13.6 Å². The molecule has 0 bridgehead atoms. The monoisotopic (exact) mass is 357 g/mol. The molecule has 2 rings (SSSR count). The van der Waals surface area contributed by atoms with Crippen molar-refractivity contribution < 1.29 is 9.69 Å². The summed E-state index contributed by atoms with van der Waals surface area (Å²) in [5, 5.41) is 6.19. The first-order valence-corrected chi connectivity index (χ1v) is 8.67. The van der Waals surface area contributed by atoms with E-state index in [1.165, 1.54) is 4.88 Å². The van der Waals surface area contributed by atoms with Crippen molar-refractivity contribution in [2.24, 2.45) is 0 Å². The van der Waals surface area contributed by atoms with Gasteiger partial charge >= 0.3 is 0 Å². The van der Waals surface area contributed by atoms with Crippen LogP contribution in [0.2, 0.25) is 10.0 Å². The number of quaternary nitrogens is 1. The summed E-state index contributed by atoms with van der Waals surface area (Å²) in [6.45, 7) is 3.19. The minimum absolute atomic E-state index is 0.00701. The third-order valence-corrected chi connectivity index (χ3v) is 4.76. The van der Waals surface area contributed by atoms with Crippen molar-refractivity contribution in [2.45, 2.75) is 19.5 Å².